The molecule has 2 unspecified atom stereocenters. The van der Waals surface area contributed by atoms with Crippen molar-refractivity contribution in [3.8, 4) is 0 Å². The van der Waals surface area contributed by atoms with Crippen molar-refractivity contribution in [1.82, 2.24) is 5.32 Å². The molecule has 4 nitrogen and oxygen atoms in total. The molecule has 2 N–H and O–H groups in total. The van der Waals surface area contributed by atoms with Crippen LogP contribution in [0.2, 0.25) is 5.02 Å². The summed E-state index contributed by atoms with van der Waals surface area (Å²) in [5, 5.41) is 6.85. The Kier molecular flexibility index (Phi) is 4.79. The van der Waals surface area contributed by atoms with E-state index in [0.717, 1.165) is 18.7 Å². The van der Waals surface area contributed by atoms with Crippen LogP contribution in [0.25, 0.3) is 0 Å². The van der Waals surface area contributed by atoms with E-state index in [-0.39, 0.29) is 23.5 Å². The molecule has 1 aliphatic rings. The van der Waals surface area contributed by atoms with Crippen LogP contribution in [0.5, 0.6) is 0 Å². The lowest BCUT2D eigenvalue weighted by Gasteiger charge is -2.51. The molecule has 1 aromatic rings. The van der Waals surface area contributed by atoms with Crippen molar-refractivity contribution in [1.29, 1.82) is 0 Å². The predicted octanol–water partition coefficient (Wildman–Crippen LogP) is 3.32. The third-order valence-electron chi connectivity index (χ3n) is 4.36. The number of rotatable bonds is 5. The van der Waals surface area contributed by atoms with Crippen molar-refractivity contribution in [3.05, 3.63) is 28.8 Å². The second-order valence-corrected chi connectivity index (χ2v) is 6.46. The molecule has 2 atom stereocenters. The Morgan fingerprint density at radius 1 is 1.48 bits per heavy atom. The molecule has 0 saturated heterocycles. The van der Waals surface area contributed by atoms with E-state index in [9.17, 15) is 4.79 Å². The molecule has 1 saturated carbocycles. The second-order valence-electron chi connectivity index (χ2n) is 6.03. The Hall–Kier alpha value is -1.26. The van der Waals surface area contributed by atoms with Crippen molar-refractivity contribution in [2.75, 3.05) is 19.0 Å². The smallest absolute Gasteiger partial charge is 0.253 e. The van der Waals surface area contributed by atoms with Crippen molar-refractivity contribution in [2.45, 2.75) is 39.3 Å². The van der Waals surface area contributed by atoms with Gasteiger partial charge in [0.1, 0.15) is 0 Å². The zero-order chi connectivity index (χ0) is 15.6. The molecule has 0 heterocycles. The van der Waals surface area contributed by atoms with Gasteiger partial charge in [0.15, 0.2) is 0 Å². The van der Waals surface area contributed by atoms with Gasteiger partial charge in [0.05, 0.1) is 11.7 Å². The number of nitrogens with one attached hydrogen (secondary N) is 2. The summed E-state index contributed by atoms with van der Waals surface area (Å²) in [6, 6.07) is 5.44. The highest BCUT2D eigenvalue weighted by Gasteiger charge is 2.49. The first-order valence-electron chi connectivity index (χ1n) is 7.27. The standard InChI is InChI=1S/C16H23ClN2O2/c1-5-18-12-7-6-10(17)8-11(12)15(20)19-13-9-14(21-4)16(13,2)3/h6-8,13-14,18H,5,9H2,1-4H3,(H,19,20). The molecule has 1 amide bonds. The minimum atomic E-state index is -0.0962. The van der Waals surface area contributed by atoms with E-state index in [1.54, 1.807) is 19.2 Å². The molecule has 0 aliphatic heterocycles. The highest BCUT2D eigenvalue weighted by atomic mass is 35.5. The van der Waals surface area contributed by atoms with Gasteiger partial charge in [0.25, 0.3) is 5.91 Å². The number of amides is 1. The highest BCUT2D eigenvalue weighted by molar-refractivity contribution is 6.31. The van der Waals surface area contributed by atoms with Crippen LogP contribution in [0.1, 0.15) is 37.6 Å². The van der Waals surface area contributed by atoms with Crippen LogP contribution in [0.3, 0.4) is 0 Å². The summed E-state index contributed by atoms with van der Waals surface area (Å²) >= 11 is 6.02. The molecule has 1 aliphatic carbocycles. The van der Waals surface area contributed by atoms with Crippen molar-refractivity contribution < 1.29 is 9.53 Å². The van der Waals surface area contributed by atoms with Gasteiger partial charge in [-0.15, -0.1) is 0 Å². The molecule has 0 radical (unpaired) electrons. The topological polar surface area (TPSA) is 50.4 Å². The first-order valence-corrected chi connectivity index (χ1v) is 7.65. The molecule has 5 heteroatoms. The van der Waals surface area contributed by atoms with Gasteiger partial charge in [-0.3, -0.25) is 4.79 Å². The van der Waals surface area contributed by atoms with E-state index in [1.165, 1.54) is 0 Å². The first-order chi connectivity index (χ1) is 9.90. The zero-order valence-corrected chi connectivity index (χ0v) is 13.8. The van der Waals surface area contributed by atoms with Gasteiger partial charge in [0.2, 0.25) is 0 Å². The van der Waals surface area contributed by atoms with Crippen LogP contribution < -0.4 is 10.6 Å². The van der Waals surface area contributed by atoms with E-state index in [4.69, 9.17) is 16.3 Å². The SMILES string of the molecule is CCNc1ccc(Cl)cc1C(=O)NC1CC(OC)C1(C)C. The first kappa shape index (κ1) is 16.1. The lowest BCUT2D eigenvalue weighted by molar-refractivity contribution is -0.0942. The summed E-state index contributed by atoms with van der Waals surface area (Å²) in [6.45, 7) is 6.97. The quantitative estimate of drug-likeness (QED) is 0.877. The molecule has 2 rings (SSSR count). The summed E-state index contributed by atoms with van der Waals surface area (Å²) in [5.41, 5.74) is 1.34. The maximum Gasteiger partial charge on any atom is 0.253 e. The predicted molar refractivity (Wildman–Crippen MR) is 86.1 cm³/mol. The molecule has 0 spiro atoms. The number of anilines is 1. The van der Waals surface area contributed by atoms with Gasteiger partial charge < -0.3 is 15.4 Å². The van der Waals surface area contributed by atoms with E-state index >= 15 is 0 Å². The molecule has 116 valence electrons. The van der Waals surface area contributed by atoms with Crippen LogP contribution in [0, 0.1) is 5.41 Å². The average molecular weight is 311 g/mol. The summed E-state index contributed by atoms with van der Waals surface area (Å²) in [7, 11) is 1.71. The summed E-state index contributed by atoms with van der Waals surface area (Å²) < 4.78 is 5.42. The number of methoxy groups -OCH3 is 1. The van der Waals surface area contributed by atoms with Crippen LogP contribution in [0.4, 0.5) is 5.69 Å². The van der Waals surface area contributed by atoms with E-state index < -0.39 is 0 Å². The molecular formula is C16H23ClN2O2. The second kappa shape index (κ2) is 6.24. The number of ether oxygens (including phenoxy) is 1. The van der Waals surface area contributed by atoms with Gasteiger partial charge >= 0.3 is 0 Å². The molecule has 0 bridgehead atoms. The van der Waals surface area contributed by atoms with Crippen LogP contribution in [-0.4, -0.2) is 31.7 Å². The van der Waals surface area contributed by atoms with E-state index in [1.807, 2.05) is 13.0 Å². The number of benzene rings is 1. The summed E-state index contributed by atoms with van der Waals surface area (Å²) in [4.78, 5) is 12.5. The number of hydrogen-bond acceptors (Lipinski definition) is 3. The Morgan fingerprint density at radius 3 is 2.76 bits per heavy atom. The molecule has 1 fully saturated rings. The number of carbonyl (C=O) groups is 1. The minimum absolute atomic E-state index is 0.0542. The van der Waals surface area contributed by atoms with E-state index in [0.29, 0.717) is 10.6 Å². The summed E-state index contributed by atoms with van der Waals surface area (Å²) in [5.74, 6) is -0.0962. The average Bonchev–Trinajstić information content (AvgIpc) is 2.44. The lowest BCUT2D eigenvalue weighted by Crippen LogP contribution is -2.61. The van der Waals surface area contributed by atoms with Crippen LogP contribution in [-0.2, 0) is 4.74 Å². The Morgan fingerprint density at radius 2 is 2.19 bits per heavy atom. The highest BCUT2D eigenvalue weighted by Crippen LogP contribution is 2.42. The fourth-order valence-corrected chi connectivity index (χ4v) is 2.99. The van der Waals surface area contributed by atoms with Crippen LogP contribution in [0.15, 0.2) is 18.2 Å². The molecule has 21 heavy (non-hydrogen) atoms. The zero-order valence-electron chi connectivity index (χ0n) is 13.0. The number of hydrogen-bond donors (Lipinski definition) is 2. The van der Waals surface area contributed by atoms with Gasteiger partial charge in [-0.1, -0.05) is 25.4 Å². The van der Waals surface area contributed by atoms with Gasteiger partial charge in [-0.25, -0.2) is 0 Å². The fraction of sp³-hybridized carbons (Fsp3) is 0.562. The molecule has 0 aromatic heterocycles. The molecule has 1 aromatic carbocycles. The molecular weight excluding hydrogens is 288 g/mol. The van der Waals surface area contributed by atoms with Crippen molar-refractivity contribution >= 4 is 23.2 Å². The summed E-state index contributed by atoms with van der Waals surface area (Å²) in [6.07, 6.45) is 1.03. The van der Waals surface area contributed by atoms with Crippen molar-refractivity contribution in [2.24, 2.45) is 5.41 Å². The largest absolute Gasteiger partial charge is 0.385 e. The fourth-order valence-electron chi connectivity index (χ4n) is 2.82. The third-order valence-corrected chi connectivity index (χ3v) is 4.60. The van der Waals surface area contributed by atoms with Gasteiger partial charge in [-0.05, 0) is 31.5 Å². The lowest BCUT2D eigenvalue weighted by atomic mass is 9.64. The third kappa shape index (κ3) is 3.16. The monoisotopic (exact) mass is 310 g/mol. The minimum Gasteiger partial charge on any atom is -0.385 e. The van der Waals surface area contributed by atoms with Crippen molar-refractivity contribution in [3.63, 3.8) is 0 Å². The Balaban J connectivity index is 2.13. The maximum absolute atomic E-state index is 12.5. The van der Waals surface area contributed by atoms with Gasteiger partial charge in [-0.2, -0.15) is 0 Å². The number of carbonyl (C=O) groups excluding carboxylic acids is 1. The van der Waals surface area contributed by atoms with Crippen LogP contribution >= 0.6 is 11.6 Å². The van der Waals surface area contributed by atoms with Gasteiger partial charge in [0, 0.05) is 35.8 Å². The maximum atomic E-state index is 12.5. The Labute approximate surface area is 131 Å². The normalized spacial score (nSPS) is 23.3. The number of halogens is 1. The van der Waals surface area contributed by atoms with E-state index in [2.05, 4.69) is 24.5 Å². The Bertz CT molecular complexity index is 531.